The summed E-state index contributed by atoms with van der Waals surface area (Å²) in [6.45, 7) is 0. The smallest absolute Gasteiger partial charge is 0.0541 e. The minimum Gasteiger partial charge on any atom is -0.309 e. The summed E-state index contributed by atoms with van der Waals surface area (Å²) in [5, 5.41) is 2.56. The standard InChI is InChI=1S/C56H37N2.Ir/c1-2-12-45-36-56(35-44(45)11-1)51-33-41(37-22-26-46(27-23-37)58-54-20-5-3-17-49(54)50-18-4-6-21-55(50)58)24-28-47(51)48-29-25-42(34-52(48)56)39-14-9-13-38(31-39)40-15-10-16-43(32-40)53-19-7-8-30-57-53;/h1-15,17-34H,35-36H2;/q-1;. The fourth-order valence-electron chi connectivity index (χ4n) is 10.0. The monoisotopic (exact) mass is 930 g/mol. The normalized spacial score (nSPS) is 13.3. The molecular formula is C56H37IrN2-. The van der Waals surface area contributed by atoms with Crippen molar-refractivity contribution in [2.45, 2.75) is 18.3 Å². The van der Waals surface area contributed by atoms with Crippen molar-refractivity contribution in [2.24, 2.45) is 0 Å². The van der Waals surface area contributed by atoms with E-state index in [4.69, 9.17) is 0 Å². The first-order chi connectivity index (χ1) is 28.7. The summed E-state index contributed by atoms with van der Waals surface area (Å²) in [5.41, 5.74) is 21.2. The maximum atomic E-state index is 4.57. The molecule has 0 aliphatic heterocycles. The van der Waals surface area contributed by atoms with Gasteiger partial charge in [-0.25, -0.2) is 0 Å². The third-order valence-corrected chi connectivity index (χ3v) is 12.8. The van der Waals surface area contributed by atoms with Gasteiger partial charge < -0.3 is 9.55 Å². The number of fused-ring (bicyclic) bond motifs is 9. The van der Waals surface area contributed by atoms with Crippen LogP contribution in [0.25, 0.3) is 83.3 Å². The Morgan fingerprint density at radius 2 is 1.00 bits per heavy atom. The maximum absolute atomic E-state index is 4.57. The predicted octanol–water partition coefficient (Wildman–Crippen LogP) is 13.7. The largest absolute Gasteiger partial charge is 0.309 e. The fraction of sp³-hybridized carbons (Fsp3) is 0.0536. The second kappa shape index (κ2) is 14.0. The molecule has 0 fully saturated rings. The summed E-state index contributed by atoms with van der Waals surface area (Å²) in [6.07, 6.45) is 3.84. The summed E-state index contributed by atoms with van der Waals surface area (Å²) in [4.78, 5) is 4.57. The van der Waals surface area contributed by atoms with Gasteiger partial charge in [-0.2, -0.15) is 0 Å². The molecule has 2 aliphatic carbocycles. The minimum absolute atomic E-state index is 0. The van der Waals surface area contributed by atoms with Gasteiger partial charge in [0.25, 0.3) is 0 Å². The molecular weight excluding hydrogens is 893 g/mol. The molecule has 8 aromatic carbocycles. The van der Waals surface area contributed by atoms with Crippen LogP contribution in [0, 0.1) is 6.07 Å². The molecule has 3 heteroatoms. The van der Waals surface area contributed by atoms with Gasteiger partial charge >= 0.3 is 0 Å². The van der Waals surface area contributed by atoms with Crippen LogP contribution in [0.5, 0.6) is 0 Å². The summed E-state index contributed by atoms with van der Waals surface area (Å²) < 4.78 is 2.39. The summed E-state index contributed by atoms with van der Waals surface area (Å²) in [6, 6.07) is 74.8. The van der Waals surface area contributed by atoms with E-state index in [0.29, 0.717) is 0 Å². The molecule has 0 N–H and O–H groups in total. The molecule has 0 atom stereocenters. The van der Waals surface area contributed by atoms with E-state index < -0.39 is 0 Å². The number of hydrogen-bond donors (Lipinski definition) is 0. The van der Waals surface area contributed by atoms with Gasteiger partial charge in [-0.05, 0) is 128 Å². The summed E-state index contributed by atoms with van der Waals surface area (Å²) >= 11 is 0. The van der Waals surface area contributed by atoms with Crippen molar-refractivity contribution in [3.05, 3.63) is 229 Å². The van der Waals surface area contributed by atoms with Crippen LogP contribution < -0.4 is 0 Å². The Morgan fingerprint density at radius 3 is 1.63 bits per heavy atom. The third-order valence-electron chi connectivity index (χ3n) is 12.8. The van der Waals surface area contributed by atoms with Gasteiger partial charge in [-0.3, -0.25) is 0 Å². The van der Waals surface area contributed by atoms with E-state index in [9.17, 15) is 0 Å². The van der Waals surface area contributed by atoms with E-state index in [1.807, 2.05) is 30.5 Å². The molecule has 0 saturated carbocycles. The molecule has 10 aromatic rings. The van der Waals surface area contributed by atoms with Crippen molar-refractivity contribution in [3.8, 4) is 61.5 Å². The topological polar surface area (TPSA) is 17.8 Å². The van der Waals surface area contributed by atoms with Crippen molar-refractivity contribution in [1.29, 1.82) is 0 Å². The first kappa shape index (κ1) is 35.5. The molecule has 0 saturated heterocycles. The van der Waals surface area contributed by atoms with Crippen LogP contribution in [0.2, 0.25) is 0 Å². The van der Waals surface area contributed by atoms with Gasteiger partial charge in [0.15, 0.2) is 0 Å². The first-order valence-electron chi connectivity index (χ1n) is 20.2. The molecule has 2 aromatic heterocycles. The van der Waals surface area contributed by atoms with Crippen LogP contribution in [0.15, 0.2) is 200 Å². The van der Waals surface area contributed by atoms with Crippen LogP contribution >= 0.6 is 0 Å². The number of hydrogen-bond acceptors (Lipinski definition) is 1. The number of pyridine rings is 1. The molecule has 12 rings (SSSR count). The van der Waals surface area contributed by atoms with Gasteiger partial charge in [0.05, 0.1) is 11.0 Å². The van der Waals surface area contributed by atoms with E-state index in [1.54, 1.807) is 0 Å². The average molecular weight is 930 g/mol. The SMILES string of the molecule is [Ir].[c-]1ccc(-c2cccc(-c3ccc4c(c3)C3(Cc5ccccc5C3)c3cc(-c5ccc(-n6c7ccccc7c7ccccc76)cc5)ccc3-4)c2)cc1-c1ccccn1. The molecule has 281 valence electrons. The third kappa shape index (κ3) is 5.68. The second-order valence-electron chi connectivity index (χ2n) is 15.9. The van der Waals surface area contributed by atoms with Gasteiger partial charge in [0.1, 0.15) is 0 Å². The molecule has 1 radical (unpaired) electrons. The number of rotatable bonds is 5. The first-order valence-corrected chi connectivity index (χ1v) is 20.2. The Hall–Kier alpha value is -6.64. The minimum atomic E-state index is -0.131. The summed E-state index contributed by atoms with van der Waals surface area (Å²) in [5.74, 6) is 0. The Bertz CT molecular complexity index is 3150. The van der Waals surface area contributed by atoms with E-state index >= 15 is 0 Å². The number of nitrogens with zero attached hydrogens (tertiary/aromatic N) is 2. The van der Waals surface area contributed by atoms with Crippen molar-refractivity contribution >= 4 is 21.8 Å². The van der Waals surface area contributed by atoms with Crippen LogP contribution in [-0.4, -0.2) is 9.55 Å². The molecule has 2 nitrogen and oxygen atoms in total. The van der Waals surface area contributed by atoms with Crippen molar-refractivity contribution in [3.63, 3.8) is 0 Å². The van der Waals surface area contributed by atoms with Crippen molar-refractivity contribution in [1.82, 2.24) is 9.55 Å². The van der Waals surface area contributed by atoms with E-state index in [2.05, 4.69) is 185 Å². The molecule has 2 heterocycles. The quantitative estimate of drug-likeness (QED) is 0.157. The molecule has 2 aliphatic rings. The Balaban J connectivity index is 0.00000397. The number of aromatic nitrogens is 2. The Kier molecular flexibility index (Phi) is 8.44. The maximum Gasteiger partial charge on any atom is 0.0541 e. The van der Waals surface area contributed by atoms with Crippen LogP contribution in [0.3, 0.4) is 0 Å². The predicted molar refractivity (Wildman–Crippen MR) is 239 cm³/mol. The van der Waals surface area contributed by atoms with Crippen LogP contribution in [0.4, 0.5) is 0 Å². The van der Waals surface area contributed by atoms with E-state index in [-0.39, 0.29) is 25.5 Å². The van der Waals surface area contributed by atoms with Crippen molar-refractivity contribution in [2.75, 3.05) is 0 Å². The van der Waals surface area contributed by atoms with Gasteiger partial charge in [-0.15, -0.1) is 35.4 Å². The molecule has 0 bridgehead atoms. The van der Waals surface area contributed by atoms with Gasteiger partial charge in [0, 0.05) is 48.2 Å². The molecule has 1 spiro atoms. The van der Waals surface area contributed by atoms with E-state index in [0.717, 1.165) is 29.7 Å². The fourth-order valence-corrected chi connectivity index (χ4v) is 10.0. The Morgan fingerprint density at radius 1 is 0.458 bits per heavy atom. The van der Waals surface area contributed by atoms with Gasteiger partial charge in [0.2, 0.25) is 0 Å². The van der Waals surface area contributed by atoms with Gasteiger partial charge in [-0.1, -0.05) is 127 Å². The van der Waals surface area contributed by atoms with E-state index in [1.165, 1.54) is 88.7 Å². The zero-order chi connectivity index (χ0) is 38.2. The zero-order valence-corrected chi connectivity index (χ0v) is 34.6. The molecule has 0 amide bonds. The number of benzene rings is 8. The molecule has 59 heavy (non-hydrogen) atoms. The number of para-hydroxylation sites is 2. The zero-order valence-electron chi connectivity index (χ0n) is 32.2. The second-order valence-corrected chi connectivity index (χ2v) is 15.9. The van der Waals surface area contributed by atoms with Crippen LogP contribution in [0.1, 0.15) is 22.3 Å². The molecule has 0 unspecified atom stereocenters. The van der Waals surface area contributed by atoms with Crippen LogP contribution in [-0.2, 0) is 38.4 Å². The summed E-state index contributed by atoms with van der Waals surface area (Å²) in [7, 11) is 0. The Labute approximate surface area is 357 Å². The average Bonchev–Trinajstić information content (AvgIpc) is 3.94. The van der Waals surface area contributed by atoms with Crippen molar-refractivity contribution < 1.29 is 20.1 Å².